The summed E-state index contributed by atoms with van der Waals surface area (Å²) in [6.07, 6.45) is 0.121. The Hall–Kier alpha value is -1.33. The van der Waals surface area contributed by atoms with Gasteiger partial charge < -0.3 is 5.11 Å². The molecule has 0 fully saturated rings. The van der Waals surface area contributed by atoms with E-state index in [1.807, 2.05) is 37.3 Å². The molecule has 0 aliphatic rings. The molecule has 1 N–H and O–H groups in total. The highest BCUT2D eigenvalue weighted by molar-refractivity contribution is 5.26. The van der Waals surface area contributed by atoms with Crippen LogP contribution in [0, 0.1) is 18.3 Å². The predicted octanol–water partition coefficient (Wildman–Crippen LogP) is 2.12. The molecule has 2 heteroatoms. The molecule has 13 heavy (non-hydrogen) atoms. The van der Waals surface area contributed by atoms with E-state index >= 15 is 0 Å². The summed E-state index contributed by atoms with van der Waals surface area (Å²) in [5.41, 5.74) is 0.916. The van der Waals surface area contributed by atoms with Gasteiger partial charge in [0.15, 0.2) is 0 Å². The molecule has 0 saturated carbocycles. The molecule has 0 aromatic heterocycles. The van der Waals surface area contributed by atoms with Crippen molar-refractivity contribution in [1.82, 2.24) is 0 Å². The first kappa shape index (κ1) is 9.76. The van der Waals surface area contributed by atoms with Crippen molar-refractivity contribution in [1.29, 1.82) is 5.26 Å². The fraction of sp³-hybridized carbons (Fsp3) is 0.364. The zero-order chi connectivity index (χ0) is 9.90. The van der Waals surface area contributed by atoms with Gasteiger partial charge in [0.2, 0.25) is 0 Å². The molecule has 2 nitrogen and oxygen atoms in total. The normalized spacial score (nSPS) is 14.6. The number of nitriles is 1. The molecule has 0 radical (unpaired) electrons. The van der Waals surface area contributed by atoms with Crippen LogP contribution in [0.25, 0.3) is 0 Å². The molecule has 0 amide bonds. The van der Waals surface area contributed by atoms with Crippen molar-refractivity contribution in [2.45, 2.75) is 25.9 Å². The molecule has 1 atom stereocenters. The Morgan fingerprint density at radius 1 is 1.38 bits per heavy atom. The van der Waals surface area contributed by atoms with E-state index in [0.29, 0.717) is 0 Å². The second-order valence-electron chi connectivity index (χ2n) is 3.47. The quantitative estimate of drug-likeness (QED) is 0.748. The number of aryl methyl sites for hydroxylation is 1. The molecule has 68 valence electrons. The van der Waals surface area contributed by atoms with E-state index in [4.69, 9.17) is 5.26 Å². The first-order chi connectivity index (χ1) is 6.06. The average molecular weight is 175 g/mol. The lowest BCUT2D eigenvalue weighted by Crippen LogP contribution is -2.19. The van der Waals surface area contributed by atoms with Crippen LogP contribution in [0.2, 0.25) is 0 Å². The molecule has 1 rings (SSSR count). The summed E-state index contributed by atoms with van der Waals surface area (Å²) in [7, 11) is 0. The summed E-state index contributed by atoms with van der Waals surface area (Å²) in [6, 6.07) is 9.54. The van der Waals surface area contributed by atoms with E-state index in [-0.39, 0.29) is 6.42 Å². The van der Waals surface area contributed by atoms with Crippen molar-refractivity contribution >= 4 is 0 Å². The van der Waals surface area contributed by atoms with E-state index in [0.717, 1.165) is 11.1 Å². The molecular weight excluding hydrogens is 162 g/mol. The van der Waals surface area contributed by atoms with Crippen LogP contribution in [-0.2, 0) is 5.60 Å². The van der Waals surface area contributed by atoms with Crippen LogP contribution in [0.5, 0.6) is 0 Å². The van der Waals surface area contributed by atoms with E-state index in [2.05, 4.69) is 0 Å². The highest BCUT2D eigenvalue weighted by atomic mass is 16.3. The molecule has 1 unspecified atom stereocenters. The Labute approximate surface area is 78.4 Å². The number of nitrogens with zero attached hydrogens (tertiary/aromatic N) is 1. The lowest BCUT2D eigenvalue weighted by molar-refractivity contribution is 0.0624. The maximum Gasteiger partial charge on any atom is 0.0997 e. The van der Waals surface area contributed by atoms with Crippen molar-refractivity contribution in [2.75, 3.05) is 0 Å². The van der Waals surface area contributed by atoms with Gasteiger partial charge in [0.25, 0.3) is 0 Å². The van der Waals surface area contributed by atoms with Gasteiger partial charge in [-0.1, -0.05) is 29.8 Å². The van der Waals surface area contributed by atoms with Gasteiger partial charge in [-0.2, -0.15) is 5.26 Å². The number of aliphatic hydroxyl groups is 1. The van der Waals surface area contributed by atoms with Crippen LogP contribution in [0.4, 0.5) is 0 Å². The zero-order valence-corrected chi connectivity index (χ0v) is 7.91. The Morgan fingerprint density at radius 2 is 1.92 bits per heavy atom. The smallest absolute Gasteiger partial charge is 0.0997 e. The molecule has 0 heterocycles. The SMILES string of the molecule is Cc1ccc(C(C)(O)CC#N)cc1. The molecule has 0 aliphatic carbocycles. The summed E-state index contributed by atoms with van der Waals surface area (Å²) in [5, 5.41) is 18.4. The Kier molecular flexibility index (Phi) is 2.69. The van der Waals surface area contributed by atoms with Gasteiger partial charge in [-0.15, -0.1) is 0 Å². The van der Waals surface area contributed by atoms with E-state index < -0.39 is 5.60 Å². The van der Waals surface area contributed by atoms with E-state index in [9.17, 15) is 5.11 Å². The minimum Gasteiger partial charge on any atom is -0.384 e. The summed E-state index contributed by atoms with van der Waals surface area (Å²) in [4.78, 5) is 0. The molecular formula is C11H13NO. The average Bonchev–Trinajstić information content (AvgIpc) is 2.05. The number of rotatable bonds is 2. The van der Waals surface area contributed by atoms with Crippen LogP contribution >= 0.6 is 0 Å². The van der Waals surface area contributed by atoms with Crippen molar-refractivity contribution in [2.24, 2.45) is 0 Å². The second-order valence-corrected chi connectivity index (χ2v) is 3.47. The van der Waals surface area contributed by atoms with Gasteiger partial charge in [0.05, 0.1) is 18.1 Å². The zero-order valence-electron chi connectivity index (χ0n) is 7.91. The van der Waals surface area contributed by atoms with Crippen molar-refractivity contribution in [3.8, 4) is 6.07 Å². The first-order valence-electron chi connectivity index (χ1n) is 4.23. The second kappa shape index (κ2) is 3.59. The highest BCUT2D eigenvalue weighted by Gasteiger charge is 2.21. The van der Waals surface area contributed by atoms with Crippen molar-refractivity contribution in [3.05, 3.63) is 35.4 Å². The van der Waals surface area contributed by atoms with Crippen LogP contribution in [0.3, 0.4) is 0 Å². The van der Waals surface area contributed by atoms with Crippen molar-refractivity contribution in [3.63, 3.8) is 0 Å². The van der Waals surface area contributed by atoms with Gasteiger partial charge in [-0.25, -0.2) is 0 Å². The largest absolute Gasteiger partial charge is 0.384 e. The lowest BCUT2D eigenvalue weighted by Gasteiger charge is -2.20. The summed E-state index contributed by atoms with van der Waals surface area (Å²) < 4.78 is 0. The number of hydrogen-bond donors (Lipinski definition) is 1. The fourth-order valence-electron chi connectivity index (χ4n) is 1.17. The number of benzene rings is 1. The van der Waals surface area contributed by atoms with Crippen LogP contribution in [0.1, 0.15) is 24.5 Å². The molecule has 1 aromatic carbocycles. The van der Waals surface area contributed by atoms with Gasteiger partial charge >= 0.3 is 0 Å². The predicted molar refractivity (Wildman–Crippen MR) is 51.0 cm³/mol. The van der Waals surface area contributed by atoms with Gasteiger partial charge in [0.1, 0.15) is 0 Å². The van der Waals surface area contributed by atoms with Crippen LogP contribution in [-0.4, -0.2) is 5.11 Å². The monoisotopic (exact) mass is 175 g/mol. The molecule has 0 bridgehead atoms. The summed E-state index contributed by atoms with van der Waals surface area (Å²) >= 11 is 0. The maximum atomic E-state index is 9.85. The Bertz CT molecular complexity index is 319. The third-order valence-electron chi connectivity index (χ3n) is 2.10. The van der Waals surface area contributed by atoms with Gasteiger partial charge in [-0.05, 0) is 19.4 Å². The fourth-order valence-corrected chi connectivity index (χ4v) is 1.17. The summed E-state index contributed by atoms with van der Waals surface area (Å²) in [5.74, 6) is 0. The topological polar surface area (TPSA) is 44.0 Å². The van der Waals surface area contributed by atoms with Crippen LogP contribution in [0.15, 0.2) is 24.3 Å². The van der Waals surface area contributed by atoms with Gasteiger partial charge in [-0.3, -0.25) is 0 Å². The Balaban J connectivity index is 2.95. The van der Waals surface area contributed by atoms with Crippen molar-refractivity contribution < 1.29 is 5.11 Å². The molecule has 0 spiro atoms. The summed E-state index contributed by atoms with van der Waals surface area (Å²) in [6.45, 7) is 3.64. The third kappa shape index (κ3) is 2.30. The minimum atomic E-state index is -1.03. The van der Waals surface area contributed by atoms with E-state index in [1.165, 1.54) is 0 Å². The molecule has 0 saturated heterocycles. The maximum absolute atomic E-state index is 9.85. The first-order valence-corrected chi connectivity index (χ1v) is 4.23. The third-order valence-corrected chi connectivity index (χ3v) is 2.10. The molecule has 1 aromatic rings. The lowest BCUT2D eigenvalue weighted by atomic mass is 9.93. The Morgan fingerprint density at radius 3 is 2.38 bits per heavy atom. The van der Waals surface area contributed by atoms with Crippen LogP contribution < -0.4 is 0 Å². The van der Waals surface area contributed by atoms with Gasteiger partial charge in [0, 0.05) is 0 Å². The minimum absolute atomic E-state index is 0.121. The molecule has 0 aliphatic heterocycles. The highest BCUT2D eigenvalue weighted by Crippen LogP contribution is 2.23. The van der Waals surface area contributed by atoms with E-state index in [1.54, 1.807) is 6.92 Å². The number of hydrogen-bond acceptors (Lipinski definition) is 2. The standard InChI is InChI=1S/C11H13NO/c1-9-3-5-10(6-4-9)11(2,13)7-8-12/h3-6,13H,7H2,1-2H3.